The molecule has 2 heterocycles. The maximum atomic E-state index is 12.6. The van der Waals surface area contributed by atoms with Crippen LogP contribution in [0.2, 0.25) is 0 Å². The Hall–Kier alpha value is -3.40. The zero-order valence-corrected chi connectivity index (χ0v) is 18.3. The van der Waals surface area contributed by atoms with E-state index in [4.69, 9.17) is 15.9 Å². The van der Waals surface area contributed by atoms with E-state index in [1.807, 2.05) is 17.5 Å². The number of amides is 2. The molecule has 1 atom stereocenters. The summed E-state index contributed by atoms with van der Waals surface area (Å²) in [6.07, 6.45) is 1.41. The number of carboxylic acid groups (broad SMARTS) is 1. The Morgan fingerprint density at radius 3 is 2.62 bits per heavy atom. The third-order valence-electron chi connectivity index (χ3n) is 5.44. The summed E-state index contributed by atoms with van der Waals surface area (Å²) >= 11 is 1.43. The molecule has 5 N–H and O–H groups in total. The Bertz CT molecular complexity index is 977. The third kappa shape index (κ3) is 5.25. The topological polar surface area (TPSA) is 146 Å². The minimum atomic E-state index is -1.50. The van der Waals surface area contributed by atoms with Crippen LogP contribution in [0, 0.1) is 5.41 Å². The zero-order chi connectivity index (χ0) is 23.1. The number of nitrogens with one attached hydrogen (secondary N) is 2. The van der Waals surface area contributed by atoms with E-state index in [1.54, 1.807) is 24.3 Å². The van der Waals surface area contributed by atoms with Crippen LogP contribution in [0.15, 0.2) is 41.8 Å². The average Bonchev–Trinajstić information content (AvgIpc) is 3.28. The van der Waals surface area contributed by atoms with Gasteiger partial charge in [-0.25, -0.2) is 4.79 Å². The normalized spacial score (nSPS) is 15.7. The predicted octanol–water partition coefficient (Wildman–Crippen LogP) is 1.61. The molecule has 1 saturated heterocycles. The fraction of sp³-hybridized carbons (Fsp3) is 0.364. The lowest BCUT2D eigenvalue weighted by molar-refractivity contribution is -0.165. The van der Waals surface area contributed by atoms with Crippen molar-refractivity contribution in [2.45, 2.75) is 31.2 Å². The van der Waals surface area contributed by atoms with Gasteiger partial charge in [-0.1, -0.05) is 6.07 Å². The van der Waals surface area contributed by atoms with Gasteiger partial charge in [-0.3, -0.25) is 15.0 Å². The summed E-state index contributed by atoms with van der Waals surface area (Å²) in [5.41, 5.74) is 4.55. The molecule has 1 unspecified atom stereocenters. The molecule has 0 spiro atoms. The van der Waals surface area contributed by atoms with E-state index in [2.05, 4.69) is 5.32 Å². The molecule has 0 radical (unpaired) electrons. The summed E-state index contributed by atoms with van der Waals surface area (Å²) in [5.74, 6) is -2.09. The first-order chi connectivity index (χ1) is 15.3. The van der Waals surface area contributed by atoms with Gasteiger partial charge >= 0.3 is 17.8 Å². The Balaban J connectivity index is 1.66. The number of amidine groups is 1. The number of hydrogen-bond donors (Lipinski definition) is 4. The summed E-state index contributed by atoms with van der Waals surface area (Å²) in [4.78, 5) is 39.1. The second-order valence-corrected chi connectivity index (χ2v) is 8.58. The number of carbonyl (C=O) groups excluding carboxylic acids is 2. The number of rotatable bonds is 11. The van der Waals surface area contributed by atoms with Gasteiger partial charge in [-0.15, -0.1) is 11.3 Å². The smallest absolute Gasteiger partial charge is 0.330 e. The molecular formula is C22H26N4O5S. The van der Waals surface area contributed by atoms with Crippen LogP contribution in [-0.2, 0) is 20.8 Å². The molecule has 2 amide bonds. The van der Waals surface area contributed by atoms with Gasteiger partial charge < -0.3 is 25.8 Å². The van der Waals surface area contributed by atoms with Gasteiger partial charge in [-0.2, -0.15) is 0 Å². The van der Waals surface area contributed by atoms with Crippen LogP contribution in [-0.4, -0.2) is 58.9 Å². The monoisotopic (exact) mass is 458 g/mol. The van der Waals surface area contributed by atoms with Crippen LogP contribution in [0.3, 0.4) is 0 Å². The predicted molar refractivity (Wildman–Crippen MR) is 120 cm³/mol. The summed E-state index contributed by atoms with van der Waals surface area (Å²) in [6, 6.07) is 10.5. The van der Waals surface area contributed by atoms with Crippen LogP contribution in [0.25, 0.3) is 0 Å². The first-order valence-electron chi connectivity index (χ1n) is 10.3. The molecule has 2 aromatic rings. The summed E-state index contributed by atoms with van der Waals surface area (Å²) in [6.45, 7) is 0.743. The van der Waals surface area contributed by atoms with E-state index in [-0.39, 0.29) is 31.8 Å². The van der Waals surface area contributed by atoms with Crippen LogP contribution < -0.4 is 15.8 Å². The average molecular weight is 459 g/mol. The van der Waals surface area contributed by atoms with Gasteiger partial charge in [0.15, 0.2) is 0 Å². The number of ether oxygens (including phenoxy) is 1. The van der Waals surface area contributed by atoms with Crippen LogP contribution >= 0.6 is 11.3 Å². The van der Waals surface area contributed by atoms with Gasteiger partial charge in [0.1, 0.15) is 17.1 Å². The van der Waals surface area contributed by atoms with Crippen molar-refractivity contribution in [2.75, 3.05) is 19.7 Å². The second-order valence-electron chi connectivity index (χ2n) is 7.55. The molecule has 170 valence electrons. The molecule has 0 saturated carbocycles. The molecule has 1 fully saturated rings. The summed E-state index contributed by atoms with van der Waals surface area (Å²) < 4.78 is 5.70. The van der Waals surface area contributed by atoms with E-state index in [0.29, 0.717) is 30.8 Å². The molecule has 0 aliphatic carbocycles. The first-order valence-corrected chi connectivity index (χ1v) is 11.1. The third-order valence-corrected chi connectivity index (χ3v) is 6.32. The lowest BCUT2D eigenvalue weighted by Crippen LogP contribution is -2.65. The highest BCUT2D eigenvalue weighted by atomic mass is 32.1. The van der Waals surface area contributed by atoms with Crippen molar-refractivity contribution in [1.82, 2.24) is 10.2 Å². The van der Waals surface area contributed by atoms with Crippen molar-refractivity contribution >= 4 is 35.0 Å². The van der Waals surface area contributed by atoms with Crippen LogP contribution in [0.1, 0.15) is 29.7 Å². The van der Waals surface area contributed by atoms with Crippen molar-refractivity contribution in [3.05, 3.63) is 52.2 Å². The number of piperazine rings is 1. The largest absolute Gasteiger partial charge is 0.494 e. The number of carbonyl (C=O) groups is 3. The SMILES string of the molecule is N=C(N)c1ccc(OCCCCC(Cc2cccs2)(C(=O)O)N2CCNC(=O)C2=O)cc1. The van der Waals surface area contributed by atoms with Crippen molar-refractivity contribution < 1.29 is 24.2 Å². The molecule has 0 bridgehead atoms. The highest BCUT2D eigenvalue weighted by molar-refractivity contribution is 7.09. The molecule has 1 aromatic heterocycles. The van der Waals surface area contributed by atoms with Gasteiger partial charge in [0.25, 0.3) is 0 Å². The number of carboxylic acids is 1. The number of aliphatic carboxylic acids is 1. The van der Waals surface area contributed by atoms with Crippen molar-refractivity contribution in [1.29, 1.82) is 5.41 Å². The molecule has 1 aliphatic rings. The lowest BCUT2D eigenvalue weighted by Gasteiger charge is -2.42. The second kappa shape index (κ2) is 10.3. The summed E-state index contributed by atoms with van der Waals surface area (Å²) in [5, 5.41) is 21.9. The fourth-order valence-corrected chi connectivity index (χ4v) is 4.56. The van der Waals surface area contributed by atoms with Gasteiger partial charge in [0.2, 0.25) is 0 Å². The number of thiophene rings is 1. The Morgan fingerprint density at radius 2 is 2.00 bits per heavy atom. The molecule has 9 nitrogen and oxygen atoms in total. The van der Waals surface area contributed by atoms with E-state index in [1.165, 1.54) is 16.2 Å². The minimum absolute atomic E-state index is 0.0201. The molecule has 32 heavy (non-hydrogen) atoms. The van der Waals surface area contributed by atoms with Crippen LogP contribution in [0.5, 0.6) is 5.75 Å². The quantitative estimate of drug-likeness (QED) is 0.174. The standard InChI is InChI=1S/C22H26N4O5S/c23-18(24)15-5-7-16(8-6-15)31-12-2-1-9-22(21(29)30,14-17-4-3-13-32-17)26-11-10-25-19(27)20(26)28/h3-8,13H,1-2,9-12,14H2,(H3,23,24)(H,25,27)(H,29,30). The van der Waals surface area contributed by atoms with E-state index < -0.39 is 23.3 Å². The molecule has 1 aliphatic heterocycles. The highest BCUT2D eigenvalue weighted by Gasteiger charge is 2.49. The number of benzene rings is 1. The van der Waals surface area contributed by atoms with E-state index in [0.717, 1.165) is 4.88 Å². The fourth-order valence-electron chi connectivity index (χ4n) is 3.75. The maximum Gasteiger partial charge on any atom is 0.330 e. The van der Waals surface area contributed by atoms with Gasteiger partial charge in [0, 0.05) is 30.0 Å². The number of hydrogen-bond acceptors (Lipinski definition) is 6. The van der Waals surface area contributed by atoms with Crippen molar-refractivity contribution in [2.24, 2.45) is 5.73 Å². The van der Waals surface area contributed by atoms with Crippen LogP contribution in [0.4, 0.5) is 0 Å². The number of nitrogens with two attached hydrogens (primary N) is 1. The number of nitrogens with zero attached hydrogens (tertiary/aromatic N) is 1. The Morgan fingerprint density at radius 1 is 1.25 bits per heavy atom. The zero-order valence-electron chi connectivity index (χ0n) is 17.5. The highest BCUT2D eigenvalue weighted by Crippen LogP contribution is 2.31. The Labute approximate surface area is 189 Å². The lowest BCUT2D eigenvalue weighted by atomic mass is 9.85. The first kappa shape index (κ1) is 23.3. The summed E-state index contributed by atoms with van der Waals surface area (Å²) in [7, 11) is 0. The maximum absolute atomic E-state index is 12.6. The van der Waals surface area contributed by atoms with E-state index in [9.17, 15) is 19.5 Å². The van der Waals surface area contributed by atoms with Gasteiger partial charge in [0.05, 0.1) is 6.61 Å². The van der Waals surface area contributed by atoms with Gasteiger partial charge in [-0.05, 0) is 55.0 Å². The van der Waals surface area contributed by atoms with Crippen molar-refractivity contribution in [3.63, 3.8) is 0 Å². The molecular weight excluding hydrogens is 432 g/mol. The van der Waals surface area contributed by atoms with E-state index >= 15 is 0 Å². The Kier molecular flexibility index (Phi) is 7.47. The molecule has 1 aromatic carbocycles. The number of unbranched alkanes of at least 4 members (excludes halogenated alkanes) is 1. The van der Waals surface area contributed by atoms with Crippen molar-refractivity contribution in [3.8, 4) is 5.75 Å². The molecule has 3 rings (SSSR count). The molecule has 10 heteroatoms. The number of nitrogen functional groups attached to an aromatic ring is 1. The minimum Gasteiger partial charge on any atom is -0.494 e.